The molecule has 140 valence electrons. The summed E-state index contributed by atoms with van der Waals surface area (Å²) in [6.45, 7) is 4.60. The molecule has 0 fully saturated rings. The molecule has 4 nitrogen and oxygen atoms in total. The van der Waals surface area contributed by atoms with E-state index in [1.807, 2.05) is 19.2 Å². The van der Waals surface area contributed by atoms with E-state index in [1.165, 1.54) is 16.8 Å². The second-order valence-corrected chi connectivity index (χ2v) is 7.64. The Kier molecular flexibility index (Phi) is 5.46. The summed E-state index contributed by atoms with van der Waals surface area (Å²) in [5.74, 6) is 0.954. The Hall–Kier alpha value is -2.30. The average Bonchev–Trinajstić information content (AvgIpc) is 3.01. The molecule has 1 unspecified atom stereocenters. The van der Waals surface area contributed by atoms with Gasteiger partial charge in [0.05, 0.1) is 18.4 Å². The lowest BCUT2D eigenvalue weighted by atomic mass is 10.0. The van der Waals surface area contributed by atoms with E-state index in [0.29, 0.717) is 6.04 Å². The monoisotopic (exact) mass is 380 g/mol. The van der Waals surface area contributed by atoms with Crippen molar-refractivity contribution in [3.05, 3.63) is 82.4 Å². The SMILES string of the molecule is Cc1ncc(CN2c3ccc(Cl)cc3CNCC2CCc2ccccc2)[nH]1. The van der Waals surface area contributed by atoms with Gasteiger partial charge in [0.25, 0.3) is 0 Å². The second-order valence-electron chi connectivity index (χ2n) is 7.20. The van der Waals surface area contributed by atoms with Crippen LogP contribution in [0.1, 0.15) is 29.1 Å². The predicted molar refractivity (Wildman–Crippen MR) is 111 cm³/mol. The van der Waals surface area contributed by atoms with Crippen LogP contribution in [-0.2, 0) is 19.5 Å². The van der Waals surface area contributed by atoms with Crippen LogP contribution in [-0.4, -0.2) is 22.6 Å². The Morgan fingerprint density at radius 3 is 2.81 bits per heavy atom. The molecule has 1 aliphatic heterocycles. The van der Waals surface area contributed by atoms with E-state index in [4.69, 9.17) is 11.6 Å². The van der Waals surface area contributed by atoms with Crippen LogP contribution in [0.3, 0.4) is 0 Å². The number of anilines is 1. The molecule has 4 rings (SSSR count). The van der Waals surface area contributed by atoms with Gasteiger partial charge in [-0.25, -0.2) is 4.98 Å². The lowest BCUT2D eigenvalue weighted by Crippen LogP contribution is -2.40. The molecule has 2 aromatic carbocycles. The molecule has 0 spiro atoms. The van der Waals surface area contributed by atoms with E-state index in [2.05, 4.69) is 62.6 Å². The van der Waals surface area contributed by atoms with Gasteiger partial charge in [0.15, 0.2) is 0 Å². The van der Waals surface area contributed by atoms with E-state index < -0.39 is 0 Å². The topological polar surface area (TPSA) is 44.0 Å². The predicted octanol–water partition coefficient (Wildman–Crippen LogP) is 4.48. The summed E-state index contributed by atoms with van der Waals surface area (Å²) < 4.78 is 0. The lowest BCUT2D eigenvalue weighted by molar-refractivity contribution is 0.514. The number of halogens is 1. The molecule has 2 N–H and O–H groups in total. The minimum Gasteiger partial charge on any atom is -0.361 e. The van der Waals surface area contributed by atoms with Gasteiger partial charge in [-0.2, -0.15) is 0 Å². The van der Waals surface area contributed by atoms with Crippen molar-refractivity contribution in [3.63, 3.8) is 0 Å². The molecule has 0 saturated carbocycles. The number of aromatic amines is 1. The first-order chi connectivity index (χ1) is 13.2. The number of aromatic nitrogens is 2. The number of hydrogen-bond acceptors (Lipinski definition) is 3. The van der Waals surface area contributed by atoms with Crippen LogP contribution in [0, 0.1) is 6.92 Å². The van der Waals surface area contributed by atoms with Gasteiger partial charge in [-0.15, -0.1) is 0 Å². The van der Waals surface area contributed by atoms with Crippen LogP contribution >= 0.6 is 11.6 Å². The molecule has 0 saturated heterocycles. The molecule has 3 aromatic rings. The second kappa shape index (κ2) is 8.15. The largest absolute Gasteiger partial charge is 0.361 e. The van der Waals surface area contributed by atoms with Crippen LogP contribution in [0.15, 0.2) is 54.7 Å². The molecular formula is C22H25ClN4. The van der Waals surface area contributed by atoms with E-state index in [-0.39, 0.29) is 0 Å². The Balaban J connectivity index is 1.61. The molecule has 2 heterocycles. The van der Waals surface area contributed by atoms with Gasteiger partial charge in [0.1, 0.15) is 5.82 Å². The van der Waals surface area contributed by atoms with Crippen molar-refractivity contribution in [2.45, 2.75) is 38.9 Å². The maximum absolute atomic E-state index is 6.26. The summed E-state index contributed by atoms with van der Waals surface area (Å²) in [5.41, 5.74) is 5.03. The average molecular weight is 381 g/mol. The standard InChI is InChI=1S/C22H25ClN4/c1-16-25-13-20(26-16)15-27-21(9-7-17-5-3-2-4-6-17)14-24-12-18-11-19(23)8-10-22(18)27/h2-6,8,10-11,13,21,24H,7,9,12,14-15H2,1H3,(H,25,26). The number of aryl methyl sites for hydroxylation is 2. The number of rotatable bonds is 5. The van der Waals surface area contributed by atoms with E-state index in [9.17, 15) is 0 Å². The first kappa shape index (κ1) is 18.1. The highest BCUT2D eigenvalue weighted by Crippen LogP contribution is 2.30. The van der Waals surface area contributed by atoms with Gasteiger partial charge < -0.3 is 15.2 Å². The number of fused-ring (bicyclic) bond motifs is 1. The van der Waals surface area contributed by atoms with E-state index in [0.717, 1.165) is 49.0 Å². The Morgan fingerprint density at radius 2 is 2.04 bits per heavy atom. The van der Waals surface area contributed by atoms with Crippen LogP contribution in [0.25, 0.3) is 0 Å². The lowest BCUT2D eigenvalue weighted by Gasteiger charge is -2.33. The zero-order valence-electron chi connectivity index (χ0n) is 15.6. The molecule has 0 aliphatic carbocycles. The third-order valence-corrected chi connectivity index (χ3v) is 5.43. The maximum Gasteiger partial charge on any atom is 0.103 e. The zero-order valence-corrected chi connectivity index (χ0v) is 16.3. The van der Waals surface area contributed by atoms with Crippen molar-refractivity contribution in [1.82, 2.24) is 15.3 Å². The molecule has 1 aliphatic rings. The molecule has 1 aromatic heterocycles. The smallest absolute Gasteiger partial charge is 0.103 e. The zero-order chi connectivity index (χ0) is 18.6. The van der Waals surface area contributed by atoms with Crippen molar-refractivity contribution in [3.8, 4) is 0 Å². The Morgan fingerprint density at radius 1 is 1.19 bits per heavy atom. The fourth-order valence-corrected chi connectivity index (χ4v) is 4.04. The summed E-state index contributed by atoms with van der Waals surface area (Å²) in [6, 6.07) is 17.3. The van der Waals surface area contributed by atoms with Crippen LogP contribution < -0.4 is 10.2 Å². The number of nitrogens with zero attached hydrogens (tertiary/aromatic N) is 2. The van der Waals surface area contributed by atoms with Crippen molar-refractivity contribution in [2.75, 3.05) is 11.4 Å². The van der Waals surface area contributed by atoms with Gasteiger partial charge in [0.2, 0.25) is 0 Å². The molecule has 0 radical (unpaired) electrons. The van der Waals surface area contributed by atoms with E-state index >= 15 is 0 Å². The van der Waals surface area contributed by atoms with Gasteiger partial charge in [-0.05, 0) is 49.1 Å². The van der Waals surface area contributed by atoms with Crippen LogP contribution in [0.2, 0.25) is 5.02 Å². The minimum atomic E-state index is 0.399. The van der Waals surface area contributed by atoms with Crippen molar-refractivity contribution in [2.24, 2.45) is 0 Å². The van der Waals surface area contributed by atoms with Crippen LogP contribution in [0.5, 0.6) is 0 Å². The summed E-state index contributed by atoms with van der Waals surface area (Å²) in [4.78, 5) is 10.3. The van der Waals surface area contributed by atoms with Crippen molar-refractivity contribution >= 4 is 17.3 Å². The Labute approximate surface area is 165 Å². The molecule has 0 amide bonds. The van der Waals surface area contributed by atoms with Crippen molar-refractivity contribution < 1.29 is 0 Å². The quantitative estimate of drug-likeness (QED) is 0.685. The molecule has 1 atom stereocenters. The maximum atomic E-state index is 6.26. The fraction of sp³-hybridized carbons (Fsp3) is 0.318. The van der Waals surface area contributed by atoms with Crippen molar-refractivity contribution in [1.29, 1.82) is 0 Å². The third-order valence-electron chi connectivity index (χ3n) is 5.19. The Bertz CT molecular complexity index is 890. The fourth-order valence-electron chi connectivity index (χ4n) is 3.84. The summed E-state index contributed by atoms with van der Waals surface area (Å²) in [6.07, 6.45) is 4.10. The van der Waals surface area contributed by atoms with Crippen LogP contribution in [0.4, 0.5) is 5.69 Å². The van der Waals surface area contributed by atoms with Gasteiger partial charge in [-0.1, -0.05) is 41.9 Å². The summed E-state index contributed by atoms with van der Waals surface area (Å²) in [7, 11) is 0. The summed E-state index contributed by atoms with van der Waals surface area (Å²) >= 11 is 6.26. The molecule has 5 heteroatoms. The molecular weight excluding hydrogens is 356 g/mol. The number of H-pyrrole nitrogens is 1. The van der Waals surface area contributed by atoms with Gasteiger partial charge in [-0.3, -0.25) is 0 Å². The number of imidazole rings is 1. The highest BCUT2D eigenvalue weighted by Gasteiger charge is 2.25. The minimum absolute atomic E-state index is 0.399. The molecule has 27 heavy (non-hydrogen) atoms. The number of hydrogen-bond donors (Lipinski definition) is 2. The highest BCUT2D eigenvalue weighted by molar-refractivity contribution is 6.30. The normalized spacial score (nSPS) is 16.8. The summed E-state index contributed by atoms with van der Waals surface area (Å²) in [5, 5.41) is 4.40. The molecule has 0 bridgehead atoms. The number of nitrogens with one attached hydrogen (secondary N) is 2. The first-order valence-electron chi connectivity index (χ1n) is 9.49. The van der Waals surface area contributed by atoms with Gasteiger partial charge in [0, 0.05) is 29.8 Å². The number of benzene rings is 2. The third kappa shape index (κ3) is 4.34. The van der Waals surface area contributed by atoms with E-state index in [1.54, 1.807) is 0 Å². The first-order valence-corrected chi connectivity index (χ1v) is 9.87. The van der Waals surface area contributed by atoms with Gasteiger partial charge >= 0.3 is 0 Å². The highest BCUT2D eigenvalue weighted by atomic mass is 35.5.